The summed E-state index contributed by atoms with van der Waals surface area (Å²) < 4.78 is 217. The molecule has 1 fully saturated rings. The Hall–Kier alpha value is -4.06. The highest BCUT2D eigenvalue weighted by Crippen LogP contribution is 2.23. The maximum atomic E-state index is 14.4. The van der Waals surface area contributed by atoms with E-state index in [0.29, 0.717) is 6.61 Å². The van der Waals surface area contributed by atoms with E-state index in [1.807, 2.05) is 0 Å². The lowest BCUT2D eigenvalue weighted by Gasteiger charge is -2.21. The van der Waals surface area contributed by atoms with Gasteiger partial charge in [0, 0.05) is 16.4 Å². The van der Waals surface area contributed by atoms with Crippen LogP contribution in [-0.4, -0.2) is 25.6 Å². The van der Waals surface area contributed by atoms with E-state index in [1.165, 1.54) is 0 Å². The third kappa shape index (κ3) is 5.24. The Morgan fingerprint density at radius 2 is 0.683 bits per heavy atom. The Bertz CT molecular complexity index is 1330. The first-order valence-corrected chi connectivity index (χ1v) is 10.3. The summed E-state index contributed by atoms with van der Waals surface area (Å²) >= 11 is 0. The summed E-state index contributed by atoms with van der Waals surface area (Å²) in [5, 5.41) is 0. The van der Waals surface area contributed by atoms with Crippen molar-refractivity contribution in [1.82, 2.24) is 0 Å². The molecule has 1 atom stereocenters. The minimum Gasteiger partial charge on any atom is -0.430 e. The molecule has 4 rings (SSSR count). The van der Waals surface area contributed by atoms with Crippen molar-refractivity contribution in [3.05, 3.63) is 87.3 Å². The number of hydrogen-bond acceptors (Lipinski definition) is 3. The molecule has 0 N–H and O–H groups in total. The molecule has 0 bridgehead atoms. The van der Waals surface area contributed by atoms with Crippen LogP contribution in [0.4, 0.5) is 70.7 Å². The van der Waals surface area contributed by atoms with Crippen LogP contribution in [0.3, 0.4) is 0 Å². The third-order valence-corrected chi connectivity index (χ3v) is 5.33. The summed E-state index contributed by atoms with van der Waals surface area (Å²) in [7, 11) is 0. The Morgan fingerprint density at radius 1 is 0.463 bits per heavy atom. The molecule has 220 valence electrons. The van der Waals surface area contributed by atoms with Crippen molar-refractivity contribution in [2.75, 3.05) is 6.61 Å². The largest absolute Gasteiger partial charge is 0.508 e. The lowest BCUT2D eigenvalue weighted by atomic mass is 9.36. The molecule has 3 aromatic rings. The van der Waals surface area contributed by atoms with Crippen molar-refractivity contribution in [3.63, 3.8) is 0 Å². The van der Waals surface area contributed by atoms with E-state index in [2.05, 4.69) is 9.47 Å². The second-order valence-corrected chi connectivity index (χ2v) is 7.87. The van der Waals surface area contributed by atoms with Gasteiger partial charge < -0.3 is 9.47 Å². The van der Waals surface area contributed by atoms with E-state index < -0.39 is 117 Å². The van der Waals surface area contributed by atoms with Gasteiger partial charge in [-0.15, -0.1) is 0 Å². The molecule has 1 aliphatic heterocycles. The van der Waals surface area contributed by atoms with Crippen molar-refractivity contribution in [1.29, 1.82) is 0 Å². The van der Waals surface area contributed by atoms with E-state index in [9.17, 15) is 70.7 Å². The van der Waals surface area contributed by atoms with Crippen LogP contribution in [0, 0.1) is 87.3 Å². The number of halogens is 15. The molecule has 1 saturated heterocycles. The SMILES string of the molecule is CC1COC(=O)O1.Fc1c(F)c(F)c(B(c2c(F)c(F)c(F)c(F)c2F)c2c(F)c(F)c(F)c(F)c2F)c(F)c1F. The monoisotopic (exact) mass is 614 g/mol. The summed E-state index contributed by atoms with van der Waals surface area (Å²) in [6.07, 6.45) is -0.597. The maximum Gasteiger partial charge on any atom is 0.508 e. The van der Waals surface area contributed by atoms with Crippen molar-refractivity contribution in [3.8, 4) is 0 Å². The first-order valence-electron chi connectivity index (χ1n) is 10.3. The molecule has 41 heavy (non-hydrogen) atoms. The van der Waals surface area contributed by atoms with Gasteiger partial charge in [-0.05, 0) is 6.92 Å². The standard InChI is InChI=1S/C18BF15.C4H6O3/c20-4-1(5(21)11(27)16(32)10(4)26)19(2-6(22)12(28)17(33)13(29)7(2)23)3-8(24)14(30)18(34)15(31)9(3)25;1-3-2-6-4(5)7-3/h;3H,2H2,1H3. The molecule has 0 aliphatic carbocycles. The van der Waals surface area contributed by atoms with Crippen LogP contribution in [0.25, 0.3) is 0 Å². The Kier molecular flexibility index (Phi) is 8.78. The zero-order valence-corrected chi connectivity index (χ0v) is 19.3. The van der Waals surface area contributed by atoms with E-state index in [0.717, 1.165) is 0 Å². The van der Waals surface area contributed by atoms with Gasteiger partial charge >= 0.3 is 6.16 Å². The lowest BCUT2D eigenvalue weighted by Crippen LogP contribution is -2.60. The highest BCUT2D eigenvalue weighted by molar-refractivity contribution is 6.95. The number of carbonyl (C=O) groups is 1. The highest BCUT2D eigenvalue weighted by Gasteiger charge is 2.45. The number of benzene rings is 3. The molecule has 1 aliphatic rings. The molecule has 1 unspecified atom stereocenters. The van der Waals surface area contributed by atoms with Gasteiger partial charge in [-0.1, -0.05) is 0 Å². The number of hydrogen-bond donors (Lipinski definition) is 0. The van der Waals surface area contributed by atoms with Crippen LogP contribution in [-0.2, 0) is 9.47 Å². The average molecular weight is 614 g/mol. The van der Waals surface area contributed by atoms with Gasteiger partial charge in [0.25, 0.3) is 6.71 Å². The molecule has 0 aromatic heterocycles. The molecule has 1 heterocycles. The van der Waals surface area contributed by atoms with Gasteiger partial charge in [0.1, 0.15) is 12.7 Å². The predicted octanol–water partition coefficient (Wildman–Crippen LogP) is 4.83. The molecule has 3 aromatic carbocycles. The van der Waals surface area contributed by atoms with Crippen LogP contribution in [0.5, 0.6) is 0 Å². The molecular weight excluding hydrogens is 608 g/mol. The van der Waals surface area contributed by atoms with Crippen LogP contribution in [0.1, 0.15) is 6.92 Å². The van der Waals surface area contributed by atoms with Crippen LogP contribution in [0.15, 0.2) is 0 Å². The van der Waals surface area contributed by atoms with E-state index in [4.69, 9.17) is 0 Å². The zero-order chi connectivity index (χ0) is 31.2. The predicted molar refractivity (Wildman–Crippen MR) is 105 cm³/mol. The first-order chi connectivity index (χ1) is 18.9. The maximum absolute atomic E-state index is 14.4. The topological polar surface area (TPSA) is 35.5 Å². The van der Waals surface area contributed by atoms with E-state index in [-0.39, 0.29) is 6.10 Å². The second kappa shape index (κ2) is 11.4. The van der Waals surface area contributed by atoms with Gasteiger partial charge in [-0.25, -0.2) is 70.7 Å². The molecule has 19 heteroatoms. The minimum atomic E-state index is -3.96. The number of cyclic esters (lactones) is 2. The van der Waals surface area contributed by atoms with Gasteiger partial charge in [0.2, 0.25) is 0 Å². The fourth-order valence-corrected chi connectivity index (χ4v) is 3.48. The fraction of sp³-hybridized carbons (Fsp3) is 0.136. The smallest absolute Gasteiger partial charge is 0.430 e. The number of ether oxygens (including phenoxy) is 2. The fourth-order valence-electron chi connectivity index (χ4n) is 3.48. The Balaban J connectivity index is 0.000000575. The highest BCUT2D eigenvalue weighted by atomic mass is 19.2. The van der Waals surface area contributed by atoms with E-state index >= 15 is 0 Å². The van der Waals surface area contributed by atoms with Gasteiger partial charge in [-0.2, -0.15) is 0 Å². The normalized spacial score (nSPS) is 14.4. The molecule has 0 spiro atoms. The third-order valence-electron chi connectivity index (χ3n) is 5.33. The summed E-state index contributed by atoms with van der Waals surface area (Å²) in [4.78, 5) is 10.0. The molecular formula is C22H6BF15O3. The summed E-state index contributed by atoms with van der Waals surface area (Å²) in [6.45, 7) is -1.78. The van der Waals surface area contributed by atoms with Gasteiger partial charge in [0.05, 0.1) is 0 Å². The minimum absolute atomic E-state index is 0.0486. The molecule has 0 radical (unpaired) electrons. The lowest BCUT2D eigenvalue weighted by molar-refractivity contribution is 0.121. The van der Waals surface area contributed by atoms with Crippen molar-refractivity contribution in [2.24, 2.45) is 0 Å². The van der Waals surface area contributed by atoms with Crippen LogP contribution >= 0.6 is 0 Å². The average Bonchev–Trinajstić information content (AvgIpc) is 3.32. The molecule has 0 saturated carbocycles. The number of rotatable bonds is 3. The van der Waals surface area contributed by atoms with Crippen molar-refractivity contribution >= 4 is 29.3 Å². The Morgan fingerprint density at radius 3 is 0.829 bits per heavy atom. The summed E-state index contributed by atoms with van der Waals surface area (Å²) in [5.74, 6) is -45.2. The van der Waals surface area contributed by atoms with Crippen LogP contribution in [0.2, 0.25) is 0 Å². The van der Waals surface area contributed by atoms with Gasteiger partial charge in [0.15, 0.2) is 87.3 Å². The zero-order valence-electron chi connectivity index (χ0n) is 19.3. The van der Waals surface area contributed by atoms with Crippen LogP contribution < -0.4 is 16.4 Å². The quantitative estimate of drug-likeness (QED) is 0.140. The number of carbonyl (C=O) groups excluding carboxylic acids is 1. The molecule has 0 amide bonds. The van der Waals surface area contributed by atoms with Gasteiger partial charge in [-0.3, -0.25) is 0 Å². The van der Waals surface area contributed by atoms with Crippen molar-refractivity contribution < 1.29 is 80.1 Å². The summed E-state index contributed by atoms with van der Waals surface area (Å²) in [5.41, 5.74) is -8.03. The van der Waals surface area contributed by atoms with Crippen molar-refractivity contribution in [2.45, 2.75) is 13.0 Å². The molecule has 3 nitrogen and oxygen atoms in total. The summed E-state index contributed by atoms with van der Waals surface area (Å²) in [6, 6.07) is 0. The van der Waals surface area contributed by atoms with E-state index in [1.54, 1.807) is 6.92 Å². The first kappa shape index (κ1) is 31.5. The Labute approximate surface area is 217 Å². The second-order valence-electron chi connectivity index (χ2n) is 7.87.